The van der Waals surface area contributed by atoms with Gasteiger partial charge in [-0.25, -0.2) is 9.18 Å². The van der Waals surface area contributed by atoms with Crippen molar-refractivity contribution in [1.82, 2.24) is 0 Å². The zero-order valence-electron chi connectivity index (χ0n) is 10.9. The molecule has 22 heavy (non-hydrogen) atoms. The van der Waals surface area contributed by atoms with Crippen molar-refractivity contribution in [2.75, 3.05) is 0 Å². The van der Waals surface area contributed by atoms with E-state index in [2.05, 4.69) is 0 Å². The highest BCUT2D eigenvalue weighted by Crippen LogP contribution is 2.41. The first-order valence-corrected chi connectivity index (χ1v) is 6.18. The van der Waals surface area contributed by atoms with Gasteiger partial charge in [0.25, 0.3) is 0 Å². The average Bonchev–Trinajstić information content (AvgIpc) is 2.86. The molecule has 3 rings (SSSR count). The first-order chi connectivity index (χ1) is 10.5. The first kappa shape index (κ1) is 13.7. The van der Waals surface area contributed by atoms with E-state index in [0.717, 1.165) is 12.1 Å². The molecular weight excluding hydrogens is 293 g/mol. The molecule has 6 nitrogen and oxygen atoms in total. The van der Waals surface area contributed by atoms with Gasteiger partial charge in [-0.3, -0.25) is 10.1 Å². The number of hydrogen-bond acceptors (Lipinski definition) is 4. The van der Waals surface area contributed by atoms with E-state index in [0.29, 0.717) is 5.56 Å². The summed E-state index contributed by atoms with van der Waals surface area (Å²) >= 11 is 0. The van der Waals surface area contributed by atoms with Crippen LogP contribution >= 0.6 is 0 Å². The van der Waals surface area contributed by atoms with E-state index in [1.807, 2.05) is 0 Å². The predicted octanol–water partition coefficient (Wildman–Crippen LogP) is 3.85. The number of halogens is 1. The number of nitrogens with zero attached hydrogens (tertiary/aromatic N) is 1. The van der Waals surface area contributed by atoms with Gasteiger partial charge in [0.2, 0.25) is 0 Å². The number of rotatable bonds is 3. The number of carboxylic acid groups (broad SMARTS) is 1. The Balaban J connectivity index is 2.46. The number of aromatic carboxylic acids is 1. The Kier molecular flexibility index (Phi) is 3.10. The second-order valence-corrected chi connectivity index (χ2v) is 4.54. The highest BCUT2D eigenvalue weighted by atomic mass is 19.1. The summed E-state index contributed by atoms with van der Waals surface area (Å²) in [5.41, 5.74) is -0.183. The molecule has 0 atom stereocenters. The number of nitro groups is 1. The van der Waals surface area contributed by atoms with E-state index in [-0.39, 0.29) is 16.5 Å². The molecule has 110 valence electrons. The molecule has 0 aliphatic carbocycles. The molecule has 2 aromatic carbocycles. The molecule has 0 aliphatic heterocycles. The van der Waals surface area contributed by atoms with Crippen LogP contribution in [0.1, 0.15) is 10.4 Å². The fourth-order valence-electron chi connectivity index (χ4n) is 2.32. The van der Waals surface area contributed by atoms with Gasteiger partial charge in [0, 0.05) is 5.39 Å². The normalized spacial score (nSPS) is 10.8. The molecule has 3 aromatic rings. The third kappa shape index (κ3) is 2.08. The summed E-state index contributed by atoms with van der Waals surface area (Å²) in [5, 5.41) is 20.4. The lowest BCUT2D eigenvalue weighted by Gasteiger charge is -1.99. The maximum atomic E-state index is 13.7. The fraction of sp³-hybridized carbons (Fsp3) is 0. The van der Waals surface area contributed by atoms with Gasteiger partial charge in [0.15, 0.2) is 5.58 Å². The second-order valence-electron chi connectivity index (χ2n) is 4.54. The maximum absolute atomic E-state index is 13.7. The van der Waals surface area contributed by atoms with Crippen molar-refractivity contribution in [2.45, 2.75) is 0 Å². The summed E-state index contributed by atoms with van der Waals surface area (Å²) in [6, 6.07) is 10.0. The molecule has 0 saturated carbocycles. The molecular formula is C15H8FNO5. The molecule has 1 N–H and O–H groups in total. The predicted molar refractivity (Wildman–Crippen MR) is 75.2 cm³/mol. The van der Waals surface area contributed by atoms with Crippen molar-refractivity contribution in [3.63, 3.8) is 0 Å². The summed E-state index contributed by atoms with van der Waals surface area (Å²) in [4.78, 5) is 21.6. The van der Waals surface area contributed by atoms with Crippen molar-refractivity contribution in [2.24, 2.45) is 0 Å². The van der Waals surface area contributed by atoms with E-state index >= 15 is 0 Å². The molecule has 7 heteroatoms. The topological polar surface area (TPSA) is 93.6 Å². The summed E-state index contributed by atoms with van der Waals surface area (Å²) in [6.45, 7) is 0. The van der Waals surface area contributed by atoms with Crippen LogP contribution in [0.3, 0.4) is 0 Å². The quantitative estimate of drug-likeness (QED) is 0.586. The summed E-state index contributed by atoms with van der Waals surface area (Å²) < 4.78 is 18.8. The molecule has 1 heterocycles. The van der Waals surface area contributed by atoms with Crippen molar-refractivity contribution < 1.29 is 23.6 Å². The monoisotopic (exact) mass is 301 g/mol. The van der Waals surface area contributed by atoms with E-state index in [1.54, 1.807) is 30.3 Å². The van der Waals surface area contributed by atoms with E-state index in [9.17, 15) is 19.3 Å². The zero-order valence-corrected chi connectivity index (χ0v) is 10.9. The van der Waals surface area contributed by atoms with Crippen LogP contribution in [-0.4, -0.2) is 16.0 Å². The molecule has 0 bridgehead atoms. The van der Waals surface area contributed by atoms with E-state index < -0.39 is 28.2 Å². The zero-order chi connectivity index (χ0) is 15.9. The maximum Gasteiger partial charge on any atom is 0.442 e. The van der Waals surface area contributed by atoms with Crippen LogP contribution in [0.15, 0.2) is 46.9 Å². The van der Waals surface area contributed by atoms with Crippen LogP contribution in [-0.2, 0) is 0 Å². The average molecular weight is 301 g/mol. The number of hydrogen-bond donors (Lipinski definition) is 1. The summed E-state index contributed by atoms with van der Waals surface area (Å²) in [7, 11) is 0. The minimum Gasteiger partial charge on any atom is -0.478 e. The lowest BCUT2D eigenvalue weighted by Crippen LogP contribution is -1.97. The summed E-state index contributed by atoms with van der Waals surface area (Å²) in [5.74, 6) is -2.85. The Labute approximate surface area is 122 Å². The molecule has 1 aromatic heterocycles. The molecule has 0 radical (unpaired) electrons. The van der Waals surface area contributed by atoms with Gasteiger partial charge in [0.1, 0.15) is 21.9 Å². The van der Waals surface area contributed by atoms with Crippen molar-refractivity contribution >= 4 is 22.8 Å². The van der Waals surface area contributed by atoms with E-state index in [4.69, 9.17) is 9.52 Å². The van der Waals surface area contributed by atoms with Crippen LogP contribution < -0.4 is 0 Å². The SMILES string of the molecule is O=C(O)c1cc(F)cc2c(-c3ccccc3)c([N+](=O)[O-])oc12. The Morgan fingerprint density at radius 2 is 1.91 bits per heavy atom. The smallest absolute Gasteiger partial charge is 0.442 e. The second kappa shape index (κ2) is 4.96. The van der Waals surface area contributed by atoms with Gasteiger partial charge < -0.3 is 9.52 Å². The van der Waals surface area contributed by atoms with Crippen molar-refractivity contribution in [3.05, 3.63) is 64.0 Å². The standard InChI is InChI=1S/C15H8FNO5/c16-9-6-10-12(8-4-2-1-3-5-8)14(17(20)21)22-13(10)11(7-9)15(18)19/h1-7H,(H,18,19). The molecule has 0 amide bonds. The molecule has 0 spiro atoms. The van der Waals surface area contributed by atoms with Crippen LogP contribution in [0.25, 0.3) is 22.1 Å². The first-order valence-electron chi connectivity index (χ1n) is 6.18. The molecule has 0 aliphatic rings. The number of furan rings is 1. The highest BCUT2D eigenvalue weighted by molar-refractivity contribution is 6.07. The number of benzene rings is 2. The Hall–Kier alpha value is -3.22. The van der Waals surface area contributed by atoms with Gasteiger partial charge in [-0.1, -0.05) is 30.3 Å². The largest absolute Gasteiger partial charge is 0.478 e. The fourth-order valence-corrected chi connectivity index (χ4v) is 2.32. The molecule has 0 saturated heterocycles. The number of fused-ring (bicyclic) bond motifs is 1. The van der Waals surface area contributed by atoms with Gasteiger partial charge in [-0.15, -0.1) is 0 Å². The third-order valence-electron chi connectivity index (χ3n) is 3.19. The van der Waals surface area contributed by atoms with Crippen molar-refractivity contribution in [1.29, 1.82) is 0 Å². The van der Waals surface area contributed by atoms with Crippen LogP contribution in [0, 0.1) is 15.9 Å². The van der Waals surface area contributed by atoms with Crippen molar-refractivity contribution in [3.8, 4) is 11.1 Å². The lowest BCUT2D eigenvalue weighted by atomic mass is 10.0. The highest BCUT2D eigenvalue weighted by Gasteiger charge is 2.28. The van der Waals surface area contributed by atoms with Gasteiger partial charge in [-0.2, -0.15) is 0 Å². The Morgan fingerprint density at radius 3 is 2.50 bits per heavy atom. The van der Waals surface area contributed by atoms with Crippen LogP contribution in [0.4, 0.5) is 10.3 Å². The van der Waals surface area contributed by atoms with Crippen LogP contribution in [0.5, 0.6) is 0 Å². The Bertz CT molecular complexity index is 901. The van der Waals surface area contributed by atoms with Gasteiger partial charge in [-0.05, 0) is 17.7 Å². The minimum atomic E-state index is -1.42. The number of carboxylic acids is 1. The summed E-state index contributed by atoms with van der Waals surface area (Å²) in [6.07, 6.45) is 0. The van der Waals surface area contributed by atoms with Gasteiger partial charge in [0.05, 0.1) is 0 Å². The van der Waals surface area contributed by atoms with Crippen LogP contribution in [0.2, 0.25) is 0 Å². The minimum absolute atomic E-state index is 0.0512. The third-order valence-corrected chi connectivity index (χ3v) is 3.19. The number of carbonyl (C=O) groups is 1. The molecule has 0 unspecified atom stereocenters. The van der Waals surface area contributed by atoms with E-state index in [1.165, 1.54) is 0 Å². The van der Waals surface area contributed by atoms with Gasteiger partial charge >= 0.3 is 11.9 Å². The lowest BCUT2D eigenvalue weighted by molar-refractivity contribution is -0.400. The molecule has 0 fully saturated rings. The Morgan fingerprint density at radius 1 is 1.23 bits per heavy atom.